The van der Waals surface area contributed by atoms with Crippen molar-refractivity contribution < 1.29 is 13.2 Å². The van der Waals surface area contributed by atoms with E-state index in [1.807, 2.05) is 0 Å². The van der Waals surface area contributed by atoms with E-state index in [0.29, 0.717) is 6.54 Å². The SMILES string of the molecule is CN(C)CCn1nnc(CCl)c1C(F)(F)F. The molecule has 0 aromatic carbocycles. The minimum atomic E-state index is -4.47. The Balaban J connectivity index is 2.96. The van der Waals surface area contributed by atoms with E-state index in [1.165, 1.54) is 0 Å². The first-order chi connectivity index (χ1) is 7.36. The van der Waals surface area contributed by atoms with Gasteiger partial charge in [-0.15, -0.1) is 16.7 Å². The lowest BCUT2D eigenvalue weighted by Gasteiger charge is -2.13. The number of hydrogen-bond donors (Lipinski definition) is 0. The van der Waals surface area contributed by atoms with Gasteiger partial charge in [0, 0.05) is 6.54 Å². The maximum absolute atomic E-state index is 12.7. The van der Waals surface area contributed by atoms with Crippen LogP contribution in [0.25, 0.3) is 0 Å². The maximum Gasteiger partial charge on any atom is 0.434 e. The van der Waals surface area contributed by atoms with Gasteiger partial charge in [-0.3, -0.25) is 0 Å². The van der Waals surface area contributed by atoms with Crippen molar-refractivity contribution >= 4 is 11.6 Å². The van der Waals surface area contributed by atoms with Crippen LogP contribution in [0, 0.1) is 0 Å². The zero-order chi connectivity index (χ0) is 12.3. The highest BCUT2D eigenvalue weighted by Crippen LogP contribution is 2.31. The third-order valence-electron chi connectivity index (χ3n) is 1.96. The molecule has 0 unspecified atom stereocenters. The van der Waals surface area contributed by atoms with Gasteiger partial charge in [-0.25, -0.2) is 4.68 Å². The lowest BCUT2D eigenvalue weighted by molar-refractivity contribution is -0.144. The van der Waals surface area contributed by atoms with E-state index in [9.17, 15) is 13.2 Å². The van der Waals surface area contributed by atoms with Crippen LogP contribution in [0.5, 0.6) is 0 Å². The molecule has 4 nitrogen and oxygen atoms in total. The van der Waals surface area contributed by atoms with Crippen LogP contribution < -0.4 is 0 Å². The van der Waals surface area contributed by atoms with Crippen molar-refractivity contribution in [2.75, 3.05) is 20.6 Å². The van der Waals surface area contributed by atoms with Gasteiger partial charge >= 0.3 is 6.18 Å². The normalized spacial score (nSPS) is 12.4. The molecule has 0 fully saturated rings. The fourth-order valence-electron chi connectivity index (χ4n) is 1.20. The van der Waals surface area contributed by atoms with Gasteiger partial charge in [0.2, 0.25) is 0 Å². The summed E-state index contributed by atoms with van der Waals surface area (Å²) >= 11 is 5.39. The molecule has 0 saturated carbocycles. The molecule has 92 valence electrons. The van der Waals surface area contributed by atoms with Crippen LogP contribution in [0.3, 0.4) is 0 Å². The largest absolute Gasteiger partial charge is 0.434 e. The first-order valence-corrected chi connectivity index (χ1v) is 5.10. The topological polar surface area (TPSA) is 34.0 Å². The molecule has 1 heterocycles. The summed E-state index contributed by atoms with van der Waals surface area (Å²) in [5, 5.41) is 6.88. The second-order valence-electron chi connectivity index (χ2n) is 3.54. The zero-order valence-corrected chi connectivity index (χ0v) is 9.68. The van der Waals surface area contributed by atoms with Crippen molar-refractivity contribution in [1.82, 2.24) is 19.9 Å². The zero-order valence-electron chi connectivity index (χ0n) is 8.92. The van der Waals surface area contributed by atoms with Crippen molar-refractivity contribution in [1.29, 1.82) is 0 Å². The van der Waals surface area contributed by atoms with Crippen LogP contribution in [0.2, 0.25) is 0 Å². The predicted octanol–water partition coefficient (Wildman–Crippen LogP) is 1.60. The van der Waals surface area contributed by atoms with Gasteiger partial charge in [0.25, 0.3) is 0 Å². The Morgan fingerprint density at radius 1 is 1.38 bits per heavy atom. The monoisotopic (exact) mass is 256 g/mol. The molecule has 16 heavy (non-hydrogen) atoms. The van der Waals surface area contributed by atoms with Gasteiger partial charge in [0.05, 0.1) is 12.4 Å². The maximum atomic E-state index is 12.7. The molecule has 1 rings (SSSR count). The molecule has 0 spiro atoms. The number of nitrogens with zero attached hydrogens (tertiary/aromatic N) is 4. The standard InChI is InChI=1S/C8H12ClF3N4/c1-15(2)3-4-16-7(8(10,11)12)6(5-9)13-14-16/h3-5H2,1-2H3. The Bertz CT molecular complexity index is 348. The Morgan fingerprint density at radius 3 is 2.44 bits per heavy atom. The van der Waals surface area contributed by atoms with E-state index in [2.05, 4.69) is 10.3 Å². The van der Waals surface area contributed by atoms with Crippen LogP contribution in [-0.4, -0.2) is 40.5 Å². The van der Waals surface area contributed by atoms with Crippen molar-refractivity contribution in [2.45, 2.75) is 18.6 Å². The van der Waals surface area contributed by atoms with Gasteiger partial charge in [-0.2, -0.15) is 13.2 Å². The first kappa shape index (κ1) is 13.2. The van der Waals surface area contributed by atoms with E-state index in [1.54, 1.807) is 19.0 Å². The molecule has 0 N–H and O–H groups in total. The number of rotatable bonds is 4. The summed E-state index contributed by atoms with van der Waals surface area (Å²) in [6, 6.07) is 0. The van der Waals surface area contributed by atoms with E-state index in [-0.39, 0.29) is 18.1 Å². The fourth-order valence-corrected chi connectivity index (χ4v) is 1.38. The molecule has 0 aliphatic carbocycles. The van der Waals surface area contributed by atoms with Crippen molar-refractivity contribution in [2.24, 2.45) is 0 Å². The first-order valence-electron chi connectivity index (χ1n) is 4.56. The predicted molar refractivity (Wildman–Crippen MR) is 53.1 cm³/mol. The van der Waals surface area contributed by atoms with Crippen LogP contribution in [-0.2, 0) is 18.6 Å². The van der Waals surface area contributed by atoms with E-state index in [4.69, 9.17) is 11.6 Å². The second kappa shape index (κ2) is 5.01. The van der Waals surface area contributed by atoms with Crippen LogP contribution in [0.1, 0.15) is 11.4 Å². The average Bonchev–Trinajstić information content (AvgIpc) is 2.56. The van der Waals surface area contributed by atoms with Crippen molar-refractivity contribution in [3.05, 3.63) is 11.4 Å². The fraction of sp³-hybridized carbons (Fsp3) is 0.750. The smallest absolute Gasteiger partial charge is 0.308 e. The van der Waals surface area contributed by atoms with Gasteiger partial charge < -0.3 is 4.90 Å². The summed E-state index contributed by atoms with van der Waals surface area (Å²) in [7, 11) is 3.54. The number of alkyl halides is 4. The van der Waals surface area contributed by atoms with Gasteiger partial charge in [0.1, 0.15) is 5.69 Å². The Morgan fingerprint density at radius 2 is 2.00 bits per heavy atom. The molecular formula is C8H12ClF3N4. The number of hydrogen-bond acceptors (Lipinski definition) is 3. The van der Waals surface area contributed by atoms with Crippen molar-refractivity contribution in [3.8, 4) is 0 Å². The van der Waals surface area contributed by atoms with Gasteiger partial charge in [0.15, 0.2) is 5.69 Å². The van der Waals surface area contributed by atoms with Gasteiger partial charge in [-0.05, 0) is 14.1 Å². The van der Waals surface area contributed by atoms with E-state index >= 15 is 0 Å². The number of halogens is 4. The summed E-state index contributed by atoms with van der Waals surface area (Å²) in [5.41, 5.74) is -1.09. The molecular weight excluding hydrogens is 245 g/mol. The molecule has 0 saturated heterocycles. The molecule has 8 heteroatoms. The van der Waals surface area contributed by atoms with Crippen LogP contribution in [0.4, 0.5) is 13.2 Å². The van der Waals surface area contributed by atoms with Gasteiger partial charge in [-0.1, -0.05) is 5.21 Å². The molecule has 1 aromatic rings. The lowest BCUT2D eigenvalue weighted by atomic mass is 10.3. The highest BCUT2D eigenvalue weighted by Gasteiger charge is 2.38. The molecule has 0 aliphatic rings. The number of aromatic nitrogens is 3. The Hall–Kier alpha value is -0.820. The minimum Gasteiger partial charge on any atom is -0.308 e. The summed E-state index contributed by atoms with van der Waals surface area (Å²) in [6.45, 7) is 0.583. The third-order valence-corrected chi connectivity index (χ3v) is 2.21. The minimum absolute atomic E-state index is 0.131. The lowest BCUT2D eigenvalue weighted by Crippen LogP contribution is -2.23. The van der Waals surface area contributed by atoms with E-state index in [0.717, 1.165) is 4.68 Å². The summed E-state index contributed by atoms with van der Waals surface area (Å²) in [6.07, 6.45) is -4.47. The highest BCUT2D eigenvalue weighted by molar-refractivity contribution is 6.16. The molecule has 0 amide bonds. The molecule has 0 aliphatic heterocycles. The van der Waals surface area contributed by atoms with Crippen LogP contribution >= 0.6 is 11.6 Å². The summed E-state index contributed by atoms with van der Waals surface area (Å²) in [5.74, 6) is -0.295. The molecule has 0 radical (unpaired) electrons. The Labute approximate surface area is 96.0 Å². The number of likely N-dealkylation sites (N-methyl/N-ethyl adjacent to an activating group) is 1. The summed E-state index contributed by atoms with van der Waals surface area (Å²) < 4.78 is 38.9. The van der Waals surface area contributed by atoms with Crippen LogP contribution in [0.15, 0.2) is 0 Å². The molecule has 0 atom stereocenters. The van der Waals surface area contributed by atoms with Crippen molar-refractivity contribution in [3.63, 3.8) is 0 Å². The second-order valence-corrected chi connectivity index (χ2v) is 3.81. The van der Waals surface area contributed by atoms with E-state index < -0.39 is 11.9 Å². The molecule has 0 bridgehead atoms. The summed E-state index contributed by atoms with van der Waals surface area (Å²) in [4.78, 5) is 1.77. The quantitative estimate of drug-likeness (QED) is 0.768. The highest BCUT2D eigenvalue weighted by atomic mass is 35.5. The third kappa shape index (κ3) is 3.08. The molecule has 1 aromatic heterocycles. The Kier molecular flexibility index (Phi) is 4.15. The average molecular weight is 257 g/mol.